The standard InChI is InChI=1S/C15H19BrN2O4/c1-8(18-14(20)15(2,3)13(17)19)9-6-11-12(7-10(9)16)22-5-4-21-11/h6-8H,4-5H2,1-3H3,(H2,17,19)(H,18,20)/t8-/m1/s1. The summed E-state index contributed by atoms with van der Waals surface area (Å²) in [4.78, 5) is 23.6. The van der Waals surface area contributed by atoms with E-state index in [4.69, 9.17) is 15.2 Å². The van der Waals surface area contributed by atoms with Gasteiger partial charge in [0.2, 0.25) is 11.8 Å². The summed E-state index contributed by atoms with van der Waals surface area (Å²) in [6.45, 7) is 5.82. The molecule has 0 radical (unpaired) electrons. The van der Waals surface area contributed by atoms with Crippen molar-refractivity contribution < 1.29 is 19.1 Å². The second-order valence-corrected chi connectivity index (χ2v) is 6.56. The maximum atomic E-state index is 12.2. The molecule has 0 saturated heterocycles. The average molecular weight is 371 g/mol. The van der Waals surface area contributed by atoms with Crippen LogP contribution in [0.2, 0.25) is 0 Å². The van der Waals surface area contributed by atoms with Crippen LogP contribution < -0.4 is 20.5 Å². The summed E-state index contributed by atoms with van der Waals surface area (Å²) in [7, 11) is 0. The lowest BCUT2D eigenvalue weighted by Gasteiger charge is -2.25. The molecule has 0 aliphatic carbocycles. The first-order valence-electron chi connectivity index (χ1n) is 6.93. The van der Waals surface area contributed by atoms with Crippen molar-refractivity contribution in [3.8, 4) is 11.5 Å². The molecular weight excluding hydrogens is 352 g/mol. The second kappa shape index (κ2) is 6.16. The van der Waals surface area contributed by atoms with Gasteiger partial charge >= 0.3 is 0 Å². The third-order valence-corrected chi connectivity index (χ3v) is 4.35. The maximum absolute atomic E-state index is 12.2. The van der Waals surface area contributed by atoms with E-state index in [1.54, 1.807) is 0 Å². The van der Waals surface area contributed by atoms with Crippen molar-refractivity contribution in [1.82, 2.24) is 5.32 Å². The first kappa shape index (κ1) is 16.6. The Kier molecular flexibility index (Phi) is 4.65. The summed E-state index contributed by atoms with van der Waals surface area (Å²) in [6.07, 6.45) is 0. The molecule has 0 spiro atoms. The second-order valence-electron chi connectivity index (χ2n) is 5.70. The fourth-order valence-electron chi connectivity index (χ4n) is 1.98. The van der Waals surface area contributed by atoms with Crippen LogP contribution in [0.25, 0.3) is 0 Å². The molecule has 1 aromatic rings. The van der Waals surface area contributed by atoms with Gasteiger partial charge in [0, 0.05) is 4.47 Å². The highest BCUT2D eigenvalue weighted by atomic mass is 79.9. The Hall–Kier alpha value is -1.76. The van der Waals surface area contributed by atoms with Crippen LogP contribution in [0.4, 0.5) is 0 Å². The van der Waals surface area contributed by atoms with Crippen LogP contribution in [0.1, 0.15) is 32.4 Å². The first-order chi connectivity index (χ1) is 10.2. The molecule has 1 aliphatic rings. The van der Waals surface area contributed by atoms with Gasteiger partial charge < -0.3 is 20.5 Å². The highest BCUT2D eigenvalue weighted by Crippen LogP contribution is 2.38. The third-order valence-electron chi connectivity index (χ3n) is 3.66. The number of fused-ring (bicyclic) bond motifs is 1. The van der Waals surface area contributed by atoms with Gasteiger partial charge in [-0.3, -0.25) is 9.59 Å². The largest absolute Gasteiger partial charge is 0.486 e. The van der Waals surface area contributed by atoms with Crippen molar-refractivity contribution in [1.29, 1.82) is 0 Å². The van der Waals surface area contributed by atoms with E-state index in [9.17, 15) is 9.59 Å². The number of ether oxygens (including phenoxy) is 2. The molecular formula is C15H19BrN2O4. The quantitative estimate of drug-likeness (QED) is 0.792. The van der Waals surface area contributed by atoms with Crippen molar-refractivity contribution >= 4 is 27.7 Å². The Labute approximate surface area is 137 Å². The van der Waals surface area contributed by atoms with E-state index < -0.39 is 17.2 Å². The molecule has 2 amide bonds. The van der Waals surface area contributed by atoms with E-state index >= 15 is 0 Å². The predicted octanol–water partition coefficient (Wildman–Crippen LogP) is 1.91. The fraction of sp³-hybridized carbons (Fsp3) is 0.467. The molecule has 0 fully saturated rings. The number of primary amides is 1. The van der Waals surface area contributed by atoms with E-state index in [1.807, 2.05) is 19.1 Å². The number of hydrogen-bond acceptors (Lipinski definition) is 4. The van der Waals surface area contributed by atoms with Crippen LogP contribution in [0.3, 0.4) is 0 Å². The Morgan fingerprint density at radius 1 is 1.27 bits per heavy atom. The molecule has 2 rings (SSSR count). The smallest absolute Gasteiger partial charge is 0.235 e. The summed E-state index contributed by atoms with van der Waals surface area (Å²) in [5.41, 5.74) is 4.82. The van der Waals surface area contributed by atoms with E-state index in [0.29, 0.717) is 24.7 Å². The number of rotatable bonds is 4. The molecule has 0 bridgehead atoms. The lowest BCUT2D eigenvalue weighted by Crippen LogP contribution is -2.46. The summed E-state index contributed by atoms with van der Waals surface area (Å²) >= 11 is 3.47. The number of carbonyl (C=O) groups is 2. The molecule has 1 heterocycles. The zero-order valence-electron chi connectivity index (χ0n) is 12.7. The summed E-state index contributed by atoms with van der Waals surface area (Å²) in [5.74, 6) is 0.213. The SMILES string of the molecule is C[C@@H](NC(=O)C(C)(C)C(N)=O)c1cc2c(cc1Br)OCCO2. The zero-order chi connectivity index (χ0) is 16.5. The normalized spacial score (nSPS) is 15.1. The van der Waals surface area contributed by atoms with E-state index in [2.05, 4.69) is 21.2 Å². The zero-order valence-corrected chi connectivity index (χ0v) is 14.3. The molecule has 1 aromatic carbocycles. The third kappa shape index (κ3) is 3.19. The number of nitrogens with one attached hydrogen (secondary N) is 1. The molecule has 0 saturated carbocycles. The molecule has 1 atom stereocenters. The molecule has 7 heteroatoms. The molecule has 6 nitrogen and oxygen atoms in total. The van der Waals surface area contributed by atoms with Crippen LogP contribution in [-0.4, -0.2) is 25.0 Å². The van der Waals surface area contributed by atoms with Gasteiger partial charge in [-0.1, -0.05) is 15.9 Å². The molecule has 0 aromatic heterocycles. The molecule has 1 aliphatic heterocycles. The van der Waals surface area contributed by atoms with Crippen LogP contribution >= 0.6 is 15.9 Å². The van der Waals surface area contributed by atoms with Gasteiger partial charge in [0.25, 0.3) is 0 Å². The number of nitrogens with two attached hydrogens (primary N) is 1. The van der Waals surface area contributed by atoms with Crippen molar-refractivity contribution in [3.63, 3.8) is 0 Å². The Bertz CT molecular complexity index is 616. The molecule has 22 heavy (non-hydrogen) atoms. The summed E-state index contributed by atoms with van der Waals surface area (Å²) in [5, 5.41) is 2.80. The minimum Gasteiger partial charge on any atom is -0.486 e. The monoisotopic (exact) mass is 370 g/mol. The number of carbonyl (C=O) groups excluding carboxylic acids is 2. The minimum atomic E-state index is -1.27. The Morgan fingerprint density at radius 3 is 2.36 bits per heavy atom. The predicted molar refractivity (Wildman–Crippen MR) is 84.7 cm³/mol. The maximum Gasteiger partial charge on any atom is 0.235 e. The minimum absolute atomic E-state index is 0.323. The van der Waals surface area contributed by atoms with Gasteiger partial charge in [0.05, 0.1) is 6.04 Å². The van der Waals surface area contributed by atoms with Gasteiger partial charge in [-0.05, 0) is 38.5 Å². The first-order valence-corrected chi connectivity index (χ1v) is 7.72. The molecule has 120 valence electrons. The molecule has 3 N–H and O–H groups in total. The lowest BCUT2D eigenvalue weighted by atomic mass is 9.91. The van der Waals surface area contributed by atoms with Crippen LogP contribution in [0, 0.1) is 5.41 Å². The van der Waals surface area contributed by atoms with Crippen molar-refractivity contribution in [2.24, 2.45) is 11.1 Å². The van der Waals surface area contributed by atoms with Crippen molar-refractivity contribution in [2.75, 3.05) is 13.2 Å². The number of halogens is 1. The molecule has 0 unspecified atom stereocenters. The highest BCUT2D eigenvalue weighted by Gasteiger charge is 2.35. The van der Waals surface area contributed by atoms with Crippen molar-refractivity contribution in [2.45, 2.75) is 26.8 Å². The van der Waals surface area contributed by atoms with Crippen molar-refractivity contribution in [3.05, 3.63) is 22.2 Å². The van der Waals surface area contributed by atoms with Gasteiger partial charge in [0.1, 0.15) is 18.6 Å². The van der Waals surface area contributed by atoms with Gasteiger partial charge in [-0.2, -0.15) is 0 Å². The van der Waals surface area contributed by atoms with Gasteiger partial charge in [-0.25, -0.2) is 0 Å². The summed E-state index contributed by atoms with van der Waals surface area (Å²) < 4.78 is 11.8. The Morgan fingerprint density at radius 2 is 1.82 bits per heavy atom. The fourth-order valence-corrected chi connectivity index (χ4v) is 2.64. The Balaban J connectivity index is 2.21. The number of hydrogen-bond donors (Lipinski definition) is 2. The topological polar surface area (TPSA) is 90.7 Å². The van der Waals surface area contributed by atoms with Crippen LogP contribution in [-0.2, 0) is 9.59 Å². The van der Waals surface area contributed by atoms with Crippen LogP contribution in [0.5, 0.6) is 11.5 Å². The van der Waals surface area contributed by atoms with Gasteiger partial charge in [0.15, 0.2) is 11.5 Å². The average Bonchev–Trinajstić information content (AvgIpc) is 2.45. The summed E-state index contributed by atoms with van der Waals surface area (Å²) in [6, 6.07) is 3.31. The lowest BCUT2D eigenvalue weighted by molar-refractivity contribution is -0.139. The van der Waals surface area contributed by atoms with E-state index in [-0.39, 0.29) is 6.04 Å². The number of benzene rings is 1. The number of amides is 2. The van der Waals surface area contributed by atoms with E-state index in [1.165, 1.54) is 13.8 Å². The van der Waals surface area contributed by atoms with Crippen LogP contribution in [0.15, 0.2) is 16.6 Å². The van der Waals surface area contributed by atoms with Gasteiger partial charge in [-0.15, -0.1) is 0 Å². The highest BCUT2D eigenvalue weighted by molar-refractivity contribution is 9.10. The van der Waals surface area contributed by atoms with E-state index in [0.717, 1.165) is 10.0 Å².